The minimum Gasteiger partial charge on any atom is -0.493 e. The van der Waals surface area contributed by atoms with Crippen LogP contribution in [0.4, 0.5) is 0 Å². The third-order valence-electron chi connectivity index (χ3n) is 5.13. The Balaban J connectivity index is 1.39. The van der Waals surface area contributed by atoms with Gasteiger partial charge in [-0.15, -0.1) is 11.3 Å². The highest BCUT2D eigenvalue weighted by Gasteiger charge is 2.22. The van der Waals surface area contributed by atoms with Gasteiger partial charge in [-0.2, -0.15) is 5.10 Å². The molecular formula is C22H25N3O3S. The summed E-state index contributed by atoms with van der Waals surface area (Å²) in [6.45, 7) is 0.313. The van der Waals surface area contributed by atoms with Crippen molar-refractivity contribution in [2.24, 2.45) is 0 Å². The lowest BCUT2D eigenvalue weighted by Gasteiger charge is -2.13. The number of nitrogens with zero attached hydrogens (tertiary/aromatic N) is 2. The van der Waals surface area contributed by atoms with E-state index in [1.54, 1.807) is 30.6 Å². The first-order valence-corrected chi connectivity index (χ1v) is 10.8. The van der Waals surface area contributed by atoms with Crippen LogP contribution in [0, 0.1) is 0 Å². The minimum atomic E-state index is -0.191. The summed E-state index contributed by atoms with van der Waals surface area (Å²) in [7, 11) is 1.58. The topological polar surface area (TPSA) is 65.4 Å². The number of carbonyl (C=O) groups is 1. The second kappa shape index (κ2) is 9.13. The average molecular weight is 412 g/mol. The highest BCUT2D eigenvalue weighted by Crippen LogP contribution is 2.35. The average Bonchev–Trinajstić information content (AvgIpc) is 3.51. The van der Waals surface area contributed by atoms with Crippen molar-refractivity contribution in [2.75, 3.05) is 13.7 Å². The van der Waals surface area contributed by atoms with Crippen molar-refractivity contribution < 1.29 is 14.3 Å². The van der Waals surface area contributed by atoms with Gasteiger partial charge in [0.05, 0.1) is 36.0 Å². The molecule has 0 aliphatic heterocycles. The second-order valence-corrected chi connectivity index (χ2v) is 8.05. The maximum atomic E-state index is 12.3. The summed E-state index contributed by atoms with van der Waals surface area (Å²) in [6, 6.07) is 14.0. The number of nitrogens with one attached hydrogen (secondary N) is 1. The molecule has 1 aliphatic rings. The summed E-state index contributed by atoms with van der Waals surface area (Å²) >= 11 is 1.72. The zero-order valence-electron chi connectivity index (χ0n) is 16.5. The fraction of sp³-hybridized carbons (Fsp3) is 0.364. The first-order valence-electron chi connectivity index (χ1n) is 9.89. The van der Waals surface area contributed by atoms with E-state index in [4.69, 9.17) is 14.6 Å². The molecule has 1 amide bonds. The molecule has 29 heavy (non-hydrogen) atoms. The van der Waals surface area contributed by atoms with Gasteiger partial charge < -0.3 is 14.8 Å². The Hall–Kier alpha value is -2.80. The maximum absolute atomic E-state index is 12.3. The summed E-state index contributed by atoms with van der Waals surface area (Å²) in [5.41, 5.74) is 2.01. The van der Waals surface area contributed by atoms with E-state index >= 15 is 0 Å². The largest absolute Gasteiger partial charge is 0.493 e. The molecule has 0 radical (unpaired) electrons. The van der Waals surface area contributed by atoms with E-state index in [-0.39, 0.29) is 12.5 Å². The summed E-state index contributed by atoms with van der Waals surface area (Å²) in [4.78, 5) is 13.5. The van der Waals surface area contributed by atoms with Gasteiger partial charge in [0.15, 0.2) is 18.1 Å². The molecule has 1 aromatic carbocycles. The molecule has 2 aromatic heterocycles. The summed E-state index contributed by atoms with van der Waals surface area (Å²) in [5.74, 6) is 0.968. The van der Waals surface area contributed by atoms with Gasteiger partial charge in [0.2, 0.25) is 0 Å². The Morgan fingerprint density at radius 1 is 1.21 bits per heavy atom. The predicted octanol–water partition coefficient (Wildman–Crippen LogP) is 4.43. The van der Waals surface area contributed by atoms with Gasteiger partial charge in [-0.1, -0.05) is 31.0 Å². The van der Waals surface area contributed by atoms with E-state index in [0.717, 1.165) is 11.4 Å². The van der Waals surface area contributed by atoms with Crippen LogP contribution in [0.25, 0.3) is 10.6 Å². The molecule has 0 atom stereocenters. The van der Waals surface area contributed by atoms with E-state index in [1.165, 1.54) is 30.6 Å². The third-order valence-corrected chi connectivity index (χ3v) is 6.02. The van der Waals surface area contributed by atoms with Crippen LogP contribution in [-0.4, -0.2) is 29.4 Å². The first kappa shape index (κ1) is 19.5. The normalized spacial score (nSPS) is 14.1. The van der Waals surface area contributed by atoms with E-state index in [1.807, 2.05) is 12.1 Å². The molecule has 7 heteroatoms. The van der Waals surface area contributed by atoms with E-state index in [2.05, 4.69) is 33.6 Å². The third kappa shape index (κ3) is 4.62. The van der Waals surface area contributed by atoms with Gasteiger partial charge in [0.25, 0.3) is 5.91 Å². The number of hydrogen-bond donors (Lipinski definition) is 1. The van der Waals surface area contributed by atoms with Crippen LogP contribution in [0.1, 0.15) is 37.4 Å². The zero-order valence-corrected chi connectivity index (χ0v) is 17.3. The molecule has 6 nitrogen and oxygen atoms in total. The molecule has 0 spiro atoms. The zero-order chi connectivity index (χ0) is 20.1. The minimum absolute atomic E-state index is 0.0680. The van der Waals surface area contributed by atoms with Gasteiger partial charge in [-0.3, -0.25) is 9.48 Å². The van der Waals surface area contributed by atoms with Crippen molar-refractivity contribution in [2.45, 2.75) is 38.3 Å². The van der Waals surface area contributed by atoms with Crippen molar-refractivity contribution in [1.82, 2.24) is 15.1 Å². The van der Waals surface area contributed by atoms with Crippen LogP contribution < -0.4 is 14.8 Å². The molecule has 1 N–H and O–H groups in total. The Labute approximate surface area is 174 Å². The molecule has 1 saturated carbocycles. The summed E-state index contributed by atoms with van der Waals surface area (Å²) in [6.07, 6.45) is 4.83. The predicted molar refractivity (Wildman–Crippen MR) is 113 cm³/mol. The lowest BCUT2D eigenvalue weighted by Crippen LogP contribution is -2.28. The number of rotatable bonds is 8. The number of benzene rings is 1. The standard InChI is InChI=1S/C22H25N3O3S/c1-27-19-9-4-5-10-20(19)28-15-22(26)23-14-16-13-18(21-11-6-12-29-21)25(24-16)17-7-2-3-8-17/h4-6,9-13,17H,2-3,7-8,14-15H2,1H3,(H,23,26). The number of carbonyl (C=O) groups excluding carboxylic acids is 1. The van der Waals surface area contributed by atoms with Crippen molar-refractivity contribution in [3.05, 3.63) is 53.5 Å². The Morgan fingerprint density at radius 2 is 2.00 bits per heavy atom. The molecule has 1 fully saturated rings. The molecule has 3 aromatic rings. The lowest BCUT2D eigenvalue weighted by atomic mass is 10.2. The Morgan fingerprint density at radius 3 is 2.72 bits per heavy atom. The number of para-hydroxylation sites is 2. The van der Waals surface area contributed by atoms with Crippen LogP contribution in [0.3, 0.4) is 0 Å². The van der Waals surface area contributed by atoms with Gasteiger partial charge in [0.1, 0.15) is 0 Å². The molecule has 0 saturated heterocycles. The van der Waals surface area contributed by atoms with Crippen molar-refractivity contribution in [3.63, 3.8) is 0 Å². The van der Waals surface area contributed by atoms with Gasteiger partial charge in [-0.25, -0.2) is 0 Å². The maximum Gasteiger partial charge on any atom is 0.258 e. The van der Waals surface area contributed by atoms with Crippen LogP contribution >= 0.6 is 11.3 Å². The molecule has 152 valence electrons. The number of amides is 1. The number of aromatic nitrogens is 2. The fourth-order valence-electron chi connectivity index (χ4n) is 3.69. The first-order chi connectivity index (χ1) is 14.2. The molecule has 1 aliphatic carbocycles. The summed E-state index contributed by atoms with van der Waals surface area (Å²) in [5, 5.41) is 9.80. The fourth-order valence-corrected chi connectivity index (χ4v) is 4.42. The molecule has 4 rings (SSSR count). The number of hydrogen-bond acceptors (Lipinski definition) is 5. The Bertz CT molecular complexity index is 946. The van der Waals surface area contributed by atoms with Crippen LogP contribution in [0.5, 0.6) is 11.5 Å². The van der Waals surface area contributed by atoms with E-state index < -0.39 is 0 Å². The van der Waals surface area contributed by atoms with Gasteiger partial charge >= 0.3 is 0 Å². The van der Waals surface area contributed by atoms with E-state index in [0.29, 0.717) is 24.1 Å². The highest BCUT2D eigenvalue weighted by atomic mass is 32.1. The molecule has 2 heterocycles. The van der Waals surface area contributed by atoms with E-state index in [9.17, 15) is 4.79 Å². The van der Waals surface area contributed by atoms with Crippen molar-refractivity contribution in [1.29, 1.82) is 0 Å². The van der Waals surface area contributed by atoms with Gasteiger partial charge in [0, 0.05) is 0 Å². The molecule has 0 bridgehead atoms. The second-order valence-electron chi connectivity index (χ2n) is 7.10. The van der Waals surface area contributed by atoms with Crippen LogP contribution in [-0.2, 0) is 11.3 Å². The quantitative estimate of drug-likeness (QED) is 0.595. The lowest BCUT2D eigenvalue weighted by molar-refractivity contribution is -0.123. The van der Waals surface area contributed by atoms with Crippen LogP contribution in [0.15, 0.2) is 47.8 Å². The van der Waals surface area contributed by atoms with Crippen LogP contribution in [0.2, 0.25) is 0 Å². The van der Waals surface area contributed by atoms with Gasteiger partial charge in [-0.05, 0) is 42.5 Å². The monoisotopic (exact) mass is 411 g/mol. The Kier molecular flexibility index (Phi) is 6.14. The van der Waals surface area contributed by atoms with Crippen molar-refractivity contribution in [3.8, 4) is 22.1 Å². The number of methoxy groups -OCH3 is 1. The SMILES string of the molecule is COc1ccccc1OCC(=O)NCc1cc(-c2cccs2)n(C2CCCC2)n1. The summed E-state index contributed by atoms with van der Waals surface area (Å²) < 4.78 is 13.0. The molecular weight excluding hydrogens is 386 g/mol. The van der Waals surface area contributed by atoms with Crippen molar-refractivity contribution >= 4 is 17.2 Å². The number of ether oxygens (including phenoxy) is 2. The number of thiophene rings is 1. The highest BCUT2D eigenvalue weighted by molar-refractivity contribution is 7.13. The smallest absolute Gasteiger partial charge is 0.258 e. The molecule has 0 unspecified atom stereocenters.